The van der Waals surface area contributed by atoms with E-state index in [9.17, 15) is 13.2 Å². The lowest BCUT2D eigenvalue weighted by molar-refractivity contribution is 0.136. The fraction of sp³-hybridized carbons (Fsp3) is 0.480. The summed E-state index contributed by atoms with van der Waals surface area (Å²) in [5.74, 6) is 0.586. The standard InChI is InChI=1S/C17H20BrClN2O4S.C6H11Cl.C2H4/c1-12(19)6-9-26(23,24)20-7-4-15(5-8-20)21-16-3-2-14(18)10-13(16)11-25-17(21)22;1-3-6(4-2)5-7;1-2/h2-3,6,10,15H,4-5,7-9,11H2,1H3;3H,4-5H2,1-2H3;1-2H2/b12-6+;6-3+;. The predicted molar refractivity (Wildman–Crippen MR) is 151 cm³/mol. The van der Waals surface area contributed by atoms with E-state index in [4.69, 9.17) is 27.9 Å². The van der Waals surface area contributed by atoms with Crippen LogP contribution in [0.25, 0.3) is 0 Å². The van der Waals surface area contributed by atoms with Gasteiger partial charge in [0.15, 0.2) is 0 Å². The molecule has 6 nitrogen and oxygen atoms in total. The predicted octanol–water partition coefficient (Wildman–Crippen LogP) is 7.23. The second-order valence-electron chi connectivity index (χ2n) is 7.83. The van der Waals surface area contributed by atoms with Crippen LogP contribution in [0.15, 0.2) is 58.6 Å². The van der Waals surface area contributed by atoms with E-state index in [0.717, 1.165) is 22.1 Å². The lowest BCUT2D eigenvalue weighted by Crippen LogP contribution is -2.50. The van der Waals surface area contributed by atoms with Gasteiger partial charge in [-0.1, -0.05) is 52.2 Å². The first-order chi connectivity index (χ1) is 16.6. The number of anilines is 1. The molecule has 196 valence electrons. The second kappa shape index (κ2) is 15.7. The van der Waals surface area contributed by atoms with Crippen molar-refractivity contribution in [3.63, 3.8) is 0 Å². The summed E-state index contributed by atoms with van der Waals surface area (Å²) < 4.78 is 32.5. The smallest absolute Gasteiger partial charge is 0.414 e. The Morgan fingerprint density at radius 1 is 1.29 bits per heavy atom. The van der Waals surface area contributed by atoms with E-state index in [1.807, 2.05) is 25.1 Å². The molecule has 2 aliphatic heterocycles. The van der Waals surface area contributed by atoms with Crippen molar-refractivity contribution in [2.75, 3.05) is 29.6 Å². The number of carbonyl (C=O) groups is 1. The number of rotatable bonds is 6. The first-order valence-corrected chi connectivity index (χ1v) is 14.7. The third-order valence-electron chi connectivity index (χ3n) is 5.64. The van der Waals surface area contributed by atoms with Crippen molar-refractivity contribution in [2.24, 2.45) is 0 Å². The quantitative estimate of drug-likeness (QED) is 0.252. The fourth-order valence-corrected chi connectivity index (χ4v) is 6.00. The molecule has 2 heterocycles. The fourth-order valence-electron chi connectivity index (χ4n) is 3.64. The summed E-state index contributed by atoms with van der Waals surface area (Å²) in [5.41, 5.74) is 3.10. The van der Waals surface area contributed by atoms with E-state index in [2.05, 4.69) is 42.1 Å². The number of hydrogen-bond acceptors (Lipinski definition) is 4. The molecule has 1 aromatic carbocycles. The molecule has 0 unspecified atom stereocenters. The van der Waals surface area contributed by atoms with Crippen LogP contribution in [0.2, 0.25) is 0 Å². The third kappa shape index (κ3) is 9.57. The van der Waals surface area contributed by atoms with Crippen LogP contribution < -0.4 is 4.90 Å². The summed E-state index contributed by atoms with van der Waals surface area (Å²) in [7, 11) is -3.38. The van der Waals surface area contributed by atoms with Crippen molar-refractivity contribution in [3.8, 4) is 0 Å². The van der Waals surface area contributed by atoms with Crippen molar-refractivity contribution >= 4 is 60.9 Å². The minimum atomic E-state index is -3.38. The number of alkyl halides is 1. The summed E-state index contributed by atoms with van der Waals surface area (Å²) in [6.07, 6.45) is 5.40. The van der Waals surface area contributed by atoms with Gasteiger partial charge in [-0.05, 0) is 51.3 Å². The summed E-state index contributed by atoms with van der Waals surface area (Å²) in [6, 6.07) is 5.65. The van der Waals surface area contributed by atoms with Crippen LogP contribution in [-0.2, 0) is 21.4 Å². The Morgan fingerprint density at radius 3 is 2.40 bits per heavy atom. The summed E-state index contributed by atoms with van der Waals surface area (Å²) >= 11 is 14.7. The highest BCUT2D eigenvalue weighted by Gasteiger charge is 2.36. The van der Waals surface area contributed by atoms with Gasteiger partial charge in [0.05, 0.1) is 11.4 Å². The second-order valence-corrected chi connectivity index (χ2v) is 11.6. The Morgan fingerprint density at radius 2 is 1.91 bits per heavy atom. The van der Waals surface area contributed by atoms with Gasteiger partial charge in [-0.2, -0.15) is 0 Å². The molecule has 35 heavy (non-hydrogen) atoms. The van der Waals surface area contributed by atoms with Crippen LogP contribution in [-0.4, -0.2) is 49.6 Å². The minimum absolute atomic E-state index is 0.0838. The monoisotopic (exact) mass is 608 g/mol. The average molecular weight is 610 g/mol. The van der Waals surface area contributed by atoms with Gasteiger partial charge in [0.1, 0.15) is 6.61 Å². The molecule has 1 fully saturated rings. The Labute approximate surface area is 228 Å². The molecular weight excluding hydrogens is 575 g/mol. The normalized spacial score (nSPS) is 17.4. The number of benzene rings is 1. The molecule has 1 saturated heterocycles. The highest BCUT2D eigenvalue weighted by molar-refractivity contribution is 9.10. The van der Waals surface area contributed by atoms with Crippen molar-refractivity contribution in [3.05, 3.63) is 64.2 Å². The molecule has 3 rings (SSSR count). The molecule has 1 aromatic rings. The maximum absolute atomic E-state index is 12.4. The first kappa shape index (κ1) is 31.7. The number of fused-ring (bicyclic) bond motifs is 1. The molecule has 0 saturated carbocycles. The van der Waals surface area contributed by atoms with Crippen LogP contribution in [0.1, 0.15) is 45.6 Å². The topological polar surface area (TPSA) is 66.9 Å². The number of amides is 1. The van der Waals surface area contributed by atoms with E-state index in [-0.39, 0.29) is 24.5 Å². The number of cyclic esters (lactones) is 1. The molecule has 0 bridgehead atoms. The Kier molecular flexibility index (Phi) is 14.2. The van der Waals surface area contributed by atoms with E-state index in [1.165, 1.54) is 16.0 Å². The molecule has 0 spiro atoms. The van der Waals surface area contributed by atoms with Crippen LogP contribution in [0.4, 0.5) is 10.5 Å². The largest absolute Gasteiger partial charge is 0.444 e. The van der Waals surface area contributed by atoms with Gasteiger partial charge in [-0.25, -0.2) is 17.5 Å². The van der Waals surface area contributed by atoms with Crippen LogP contribution in [0, 0.1) is 0 Å². The summed E-state index contributed by atoms with van der Waals surface area (Å²) in [5, 5.41) is 0.460. The molecule has 0 N–H and O–H groups in total. The Bertz CT molecular complexity index is 997. The third-order valence-corrected chi connectivity index (χ3v) is 8.37. The highest BCUT2D eigenvalue weighted by Crippen LogP contribution is 2.34. The van der Waals surface area contributed by atoms with E-state index < -0.39 is 10.0 Å². The number of halogens is 3. The molecule has 0 aliphatic carbocycles. The van der Waals surface area contributed by atoms with Gasteiger partial charge < -0.3 is 4.74 Å². The Hall–Kier alpha value is -1.32. The molecular formula is C25H35BrCl2N2O4S. The number of piperidine rings is 1. The average Bonchev–Trinajstić information content (AvgIpc) is 2.86. The minimum Gasteiger partial charge on any atom is -0.444 e. The van der Waals surface area contributed by atoms with Crippen molar-refractivity contribution in [2.45, 2.75) is 52.7 Å². The molecule has 0 radical (unpaired) electrons. The zero-order chi connectivity index (χ0) is 26.6. The lowest BCUT2D eigenvalue weighted by Gasteiger charge is -2.39. The van der Waals surface area contributed by atoms with Crippen LogP contribution >= 0.6 is 39.1 Å². The van der Waals surface area contributed by atoms with E-state index in [0.29, 0.717) is 36.8 Å². The van der Waals surface area contributed by atoms with E-state index in [1.54, 1.807) is 11.8 Å². The number of hydrogen-bond donors (Lipinski definition) is 0. The van der Waals surface area contributed by atoms with Gasteiger partial charge in [-0.3, -0.25) is 4.90 Å². The van der Waals surface area contributed by atoms with Crippen molar-refractivity contribution in [1.82, 2.24) is 4.31 Å². The molecule has 1 amide bonds. The maximum atomic E-state index is 12.4. The SMILES string of the molecule is C/C(Cl)=C\CS(=O)(=O)N1CCC(N2C(=O)OCc3cc(Br)ccc32)CC1.C/C=C(\CC)CCl.C=C. The van der Waals surface area contributed by atoms with E-state index >= 15 is 0 Å². The molecule has 10 heteroatoms. The van der Waals surface area contributed by atoms with Gasteiger partial charge in [-0.15, -0.1) is 24.8 Å². The first-order valence-electron chi connectivity index (χ1n) is 11.4. The number of sulfonamides is 1. The molecule has 2 aliphatic rings. The van der Waals surface area contributed by atoms with Gasteiger partial charge >= 0.3 is 6.09 Å². The Balaban J connectivity index is 0.000000587. The molecule has 0 aromatic heterocycles. The maximum Gasteiger partial charge on any atom is 0.414 e. The lowest BCUT2D eigenvalue weighted by atomic mass is 10.0. The van der Waals surface area contributed by atoms with Crippen LogP contribution in [0.5, 0.6) is 0 Å². The van der Waals surface area contributed by atoms with Gasteiger partial charge in [0.25, 0.3) is 0 Å². The number of nitrogens with zero attached hydrogens (tertiary/aromatic N) is 2. The summed E-state index contributed by atoms with van der Waals surface area (Å²) in [4.78, 5) is 14.0. The van der Waals surface area contributed by atoms with Crippen LogP contribution in [0.3, 0.4) is 0 Å². The number of carbonyl (C=O) groups excluding carboxylic acids is 1. The van der Waals surface area contributed by atoms with Crippen molar-refractivity contribution < 1.29 is 17.9 Å². The zero-order valence-electron chi connectivity index (χ0n) is 20.6. The van der Waals surface area contributed by atoms with Crippen molar-refractivity contribution in [1.29, 1.82) is 0 Å². The van der Waals surface area contributed by atoms with Gasteiger partial charge in [0.2, 0.25) is 10.0 Å². The van der Waals surface area contributed by atoms with Gasteiger partial charge in [0, 0.05) is 40.1 Å². The highest BCUT2D eigenvalue weighted by atomic mass is 79.9. The molecule has 0 atom stereocenters. The zero-order valence-corrected chi connectivity index (χ0v) is 24.5. The summed E-state index contributed by atoms with van der Waals surface area (Å²) in [6.45, 7) is 12.8. The number of allylic oxidation sites excluding steroid dienone is 3. The number of ether oxygens (including phenoxy) is 1.